The van der Waals surface area contributed by atoms with E-state index in [0.717, 1.165) is 101 Å². The molecule has 13 aromatic rings. The number of alkyl carbamates (subject to hydrolysis) is 4. The van der Waals surface area contributed by atoms with Crippen molar-refractivity contribution < 1.29 is 107 Å². The van der Waals surface area contributed by atoms with Crippen LogP contribution in [-0.2, 0) is 52.4 Å². The van der Waals surface area contributed by atoms with E-state index in [2.05, 4.69) is 50.3 Å². The quantitative estimate of drug-likeness (QED) is 0.0136. The highest BCUT2D eigenvalue weighted by molar-refractivity contribution is 5.87. The fourth-order valence-electron chi connectivity index (χ4n) is 16.6. The van der Waals surface area contributed by atoms with Crippen molar-refractivity contribution in [1.29, 1.82) is 0 Å². The lowest BCUT2D eigenvalue weighted by atomic mass is 9.98. The molecule has 0 heterocycles. The fourth-order valence-corrected chi connectivity index (χ4v) is 16.6. The van der Waals surface area contributed by atoms with Gasteiger partial charge in [-0.05, 0) is 123 Å². The van der Waals surface area contributed by atoms with Gasteiger partial charge < -0.3 is 85.4 Å². The molecule has 26 heteroatoms. The molecule has 26 nitrogen and oxygen atoms in total. The number of amides is 4. The molecule has 11 N–H and O–H groups in total. The first-order valence-corrected chi connectivity index (χ1v) is 42.6. The summed E-state index contributed by atoms with van der Waals surface area (Å²) in [5.41, 5.74) is 20.4. The van der Waals surface area contributed by atoms with Crippen LogP contribution in [0, 0.1) is 0 Å². The van der Waals surface area contributed by atoms with Gasteiger partial charge in [-0.15, -0.1) is 0 Å². The minimum absolute atomic E-state index is 0.0631. The number of carbonyl (C=O) groups is 9. The van der Waals surface area contributed by atoms with Crippen molar-refractivity contribution >= 4 is 60.3 Å². The Kier molecular flexibility index (Phi) is 32.5. The van der Waals surface area contributed by atoms with Crippen molar-refractivity contribution in [1.82, 2.24) is 21.3 Å². The lowest BCUT2D eigenvalue weighted by Crippen LogP contribution is -2.46. The third kappa shape index (κ3) is 23.5. The van der Waals surface area contributed by atoms with Crippen LogP contribution in [0.3, 0.4) is 0 Å². The molecule has 0 aliphatic heterocycles. The van der Waals surface area contributed by atoms with Crippen molar-refractivity contribution in [2.45, 2.75) is 72.3 Å². The summed E-state index contributed by atoms with van der Waals surface area (Å²) in [7, 11) is 2.38. The SMILES string of the molecule is COC(=O)[C@@H](NC(=O)OCC1c2ccccc2-c2ccccc21)[C@H](O)c1ccccc1.COC(=O)[C@@H](O)[C@H](NC(=O)OCC1c2ccccc2-c2ccccc21)c1ccccc1.O=C(N[C@H](C(=O)O)[C@H](O)c1ccccc1)OCC1c2ccccc2-c2ccccc21.O=C(N[C@H](c1ccccc1)[C@H](O)C(=O)O)OCC1c2ccccc2-c2ccccc21.O=C(O)/C=C/c1ccccc1. The van der Waals surface area contributed by atoms with E-state index in [0.29, 0.717) is 22.3 Å². The van der Waals surface area contributed by atoms with Crippen molar-refractivity contribution in [3.8, 4) is 44.5 Å². The molecule has 0 unspecified atom stereocenters. The van der Waals surface area contributed by atoms with Crippen LogP contribution in [-0.4, -0.2) is 155 Å². The molecular formula is C107H96N4O22. The van der Waals surface area contributed by atoms with Crippen molar-refractivity contribution in [2.24, 2.45) is 0 Å². The van der Waals surface area contributed by atoms with Gasteiger partial charge in [0, 0.05) is 29.7 Å². The van der Waals surface area contributed by atoms with Crippen LogP contribution in [0.1, 0.15) is 120 Å². The molecule has 17 rings (SSSR count). The monoisotopic (exact) mass is 1790 g/mol. The molecular weight excluding hydrogens is 1690 g/mol. The average molecular weight is 1790 g/mol. The van der Waals surface area contributed by atoms with Crippen LogP contribution in [0.25, 0.3) is 50.6 Å². The van der Waals surface area contributed by atoms with Gasteiger partial charge in [0.25, 0.3) is 0 Å². The summed E-state index contributed by atoms with van der Waals surface area (Å²) in [4.78, 5) is 107. The second-order valence-electron chi connectivity index (χ2n) is 31.0. The Morgan fingerprint density at radius 3 is 0.774 bits per heavy atom. The number of carboxylic acid groups (broad SMARTS) is 3. The van der Waals surface area contributed by atoms with Gasteiger partial charge in [-0.1, -0.05) is 346 Å². The predicted molar refractivity (Wildman–Crippen MR) is 496 cm³/mol. The van der Waals surface area contributed by atoms with E-state index in [4.69, 9.17) is 28.8 Å². The number of fused-ring (bicyclic) bond motifs is 12. The maximum absolute atomic E-state index is 12.6. The summed E-state index contributed by atoms with van der Waals surface area (Å²) in [5.74, 6) is -5.73. The summed E-state index contributed by atoms with van der Waals surface area (Å²) in [5, 5.41) is 78.2. The summed E-state index contributed by atoms with van der Waals surface area (Å²) in [6, 6.07) is 102. The van der Waals surface area contributed by atoms with Crippen LogP contribution in [0.2, 0.25) is 0 Å². The van der Waals surface area contributed by atoms with E-state index in [1.54, 1.807) is 127 Å². The molecule has 13 aromatic carbocycles. The van der Waals surface area contributed by atoms with E-state index >= 15 is 0 Å². The standard InChI is InChI=1S/2C25H23NO5.2C24H21NO5.C9H8O2/c1-30-24(28)22(23(27)16-9-3-2-4-10-16)26-25(29)31-15-21-19-13-7-5-11-17(19)18-12-6-8-14-20(18)21;1-30-24(28)23(27)22(16-9-3-2-4-10-16)26-25(29)31-15-21-19-13-7-5-11-17(19)18-12-6-8-14-20(18)21;26-22(15-8-2-1-3-9-15)21(23(27)28)25-24(29)30-14-20-18-12-6-4-10-16(18)17-11-5-7-13-19(17)20;26-22(23(27)28)21(15-8-2-1-3-9-15)25-24(29)30-14-20-18-12-6-4-10-16(18)17-11-5-7-13-19(17)20;10-9(11)7-6-8-4-2-1-3-5-8/h2*2-14,21-23,27H,15H2,1H3,(H,26,29);2*1-13,20-22,26H,14H2,(H,25,29)(H,27,28);1-7H,(H,10,11)/b;;;;7-6+/t2*22-,23+;2*21-,22+;/m0101./s1. The van der Waals surface area contributed by atoms with Crippen molar-refractivity contribution in [3.63, 3.8) is 0 Å². The summed E-state index contributed by atoms with van der Waals surface area (Å²) >= 11 is 0. The first-order valence-electron chi connectivity index (χ1n) is 42.6. The highest BCUT2D eigenvalue weighted by atomic mass is 16.6. The van der Waals surface area contributed by atoms with Gasteiger partial charge in [-0.2, -0.15) is 0 Å². The summed E-state index contributed by atoms with van der Waals surface area (Å²) < 4.78 is 31.3. The molecule has 0 bridgehead atoms. The molecule has 0 aromatic heterocycles. The molecule has 8 atom stereocenters. The minimum Gasteiger partial charge on any atom is -0.480 e. The Labute approximate surface area is 766 Å². The molecule has 4 aliphatic carbocycles. The number of aliphatic carboxylic acids is 3. The number of aliphatic hydroxyl groups is 4. The van der Waals surface area contributed by atoms with E-state index in [9.17, 15) is 73.8 Å². The topological polar surface area (TPSA) is 399 Å². The lowest BCUT2D eigenvalue weighted by molar-refractivity contribution is -0.152. The van der Waals surface area contributed by atoms with Gasteiger partial charge in [-0.3, -0.25) is 0 Å². The average Bonchev–Trinajstić information content (AvgIpc) is 1.63. The van der Waals surface area contributed by atoms with Crippen LogP contribution in [0.15, 0.2) is 352 Å². The van der Waals surface area contributed by atoms with E-state index in [1.807, 2.05) is 200 Å². The zero-order valence-corrected chi connectivity index (χ0v) is 72.1. The second-order valence-corrected chi connectivity index (χ2v) is 31.0. The molecule has 133 heavy (non-hydrogen) atoms. The number of carboxylic acids is 3. The zero-order valence-electron chi connectivity index (χ0n) is 72.1. The van der Waals surface area contributed by atoms with Gasteiger partial charge in [0.05, 0.1) is 26.3 Å². The lowest BCUT2D eigenvalue weighted by Gasteiger charge is -2.23. The molecule has 4 aliphatic rings. The van der Waals surface area contributed by atoms with E-state index in [-0.39, 0.29) is 50.1 Å². The third-order valence-corrected chi connectivity index (χ3v) is 23.0. The number of benzene rings is 13. The van der Waals surface area contributed by atoms with Crippen LogP contribution >= 0.6 is 0 Å². The Morgan fingerprint density at radius 1 is 0.278 bits per heavy atom. The number of aliphatic hydroxyl groups excluding tert-OH is 4. The number of esters is 2. The summed E-state index contributed by atoms with van der Waals surface area (Å²) in [6.07, 6.45) is -6.55. The molecule has 0 fully saturated rings. The Hall–Kier alpha value is -16.1. The van der Waals surface area contributed by atoms with Gasteiger partial charge >= 0.3 is 54.2 Å². The number of rotatable bonds is 26. The highest BCUT2D eigenvalue weighted by Crippen LogP contribution is 2.49. The van der Waals surface area contributed by atoms with E-state index < -0.39 is 103 Å². The maximum Gasteiger partial charge on any atom is 0.407 e. The first kappa shape index (κ1) is 94.5. The smallest absolute Gasteiger partial charge is 0.407 e. The molecule has 0 spiro atoms. The van der Waals surface area contributed by atoms with Gasteiger partial charge in [0.2, 0.25) is 0 Å². The number of hydrogen-bond donors (Lipinski definition) is 11. The highest BCUT2D eigenvalue weighted by Gasteiger charge is 2.39. The van der Waals surface area contributed by atoms with Gasteiger partial charge in [0.1, 0.15) is 38.6 Å². The third-order valence-electron chi connectivity index (χ3n) is 23.0. The maximum atomic E-state index is 12.6. The molecule has 4 amide bonds. The van der Waals surface area contributed by atoms with E-state index in [1.165, 1.54) is 14.2 Å². The normalized spacial score (nSPS) is 13.9. The Balaban J connectivity index is 0.000000145. The number of ether oxygens (including phenoxy) is 6. The largest absolute Gasteiger partial charge is 0.480 e. The Morgan fingerprint density at radius 2 is 0.511 bits per heavy atom. The fraction of sp³-hybridized carbons (Fsp3) is 0.168. The predicted octanol–water partition coefficient (Wildman–Crippen LogP) is 16.8. The number of methoxy groups -OCH3 is 2. The van der Waals surface area contributed by atoms with Crippen molar-refractivity contribution in [2.75, 3.05) is 40.6 Å². The first-order chi connectivity index (χ1) is 64.6. The Bertz CT molecular complexity index is 6060. The number of hydrogen-bond acceptors (Lipinski definition) is 19. The summed E-state index contributed by atoms with van der Waals surface area (Å²) in [6.45, 7) is 0.406. The van der Waals surface area contributed by atoms with Crippen molar-refractivity contribution in [3.05, 3.63) is 424 Å². The number of nitrogens with one attached hydrogen (secondary N) is 4. The zero-order chi connectivity index (χ0) is 93.9. The van der Waals surface area contributed by atoms with Crippen LogP contribution < -0.4 is 21.3 Å². The number of carbonyl (C=O) groups excluding carboxylic acids is 6. The minimum atomic E-state index is -1.80. The molecule has 676 valence electrons. The molecule has 0 radical (unpaired) electrons. The second kappa shape index (κ2) is 45.7. The van der Waals surface area contributed by atoms with Gasteiger partial charge in [0.15, 0.2) is 24.3 Å². The van der Waals surface area contributed by atoms with Gasteiger partial charge in [-0.25, -0.2) is 43.2 Å². The van der Waals surface area contributed by atoms with Crippen LogP contribution in [0.4, 0.5) is 19.2 Å². The van der Waals surface area contributed by atoms with Crippen LogP contribution in [0.5, 0.6) is 0 Å². The molecule has 0 saturated heterocycles. The molecule has 0 saturated carbocycles.